The maximum atomic E-state index is 11.6. The number of ether oxygens (including phenoxy) is 1. The van der Waals surface area contributed by atoms with E-state index < -0.39 is 0 Å². The van der Waals surface area contributed by atoms with Crippen molar-refractivity contribution in [1.82, 2.24) is 0 Å². The zero-order valence-corrected chi connectivity index (χ0v) is 9.97. The standard InChI is InChI=1S/C12H15ClO2/c1-8(2)9-4-5-12(15-3)10(6-9)11(14)7-13/h4-6,8H,7H2,1-3H3. The smallest absolute Gasteiger partial charge is 0.181 e. The summed E-state index contributed by atoms with van der Waals surface area (Å²) in [5.41, 5.74) is 1.68. The average Bonchev–Trinajstić information content (AvgIpc) is 2.27. The van der Waals surface area contributed by atoms with Crippen LogP contribution in [0.25, 0.3) is 0 Å². The summed E-state index contributed by atoms with van der Waals surface area (Å²) >= 11 is 5.54. The molecule has 2 nitrogen and oxygen atoms in total. The third kappa shape index (κ3) is 2.72. The zero-order chi connectivity index (χ0) is 11.4. The predicted octanol–water partition coefficient (Wildman–Crippen LogP) is 3.24. The molecule has 0 fully saturated rings. The summed E-state index contributed by atoms with van der Waals surface area (Å²) < 4.78 is 5.12. The second-order valence-electron chi connectivity index (χ2n) is 3.67. The average molecular weight is 227 g/mol. The fourth-order valence-electron chi connectivity index (χ4n) is 1.37. The third-order valence-corrected chi connectivity index (χ3v) is 2.55. The molecule has 0 N–H and O–H groups in total. The molecular weight excluding hydrogens is 212 g/mol. The molecule has 0 heterocycles. The molecule has 0 amide bonds. The first-order valence-electron chi connectivity index (χ1n) is 4.87. The highest BCUT2D eigenvalue weighted by atomic mass is 35.5. The van der Waals surface area contributed by atoms with E-state index in [1.165, 1.54) is 0 Å². The first-order chi connectivity index (χ1) is 7.10. The Morgan fingerprint density at radius 1 is 1.47 bits per heavy atom. The van der Waals surface area contributed by atoms with E-state index >= 15 is 0 Å². The van der Waals surface area contributed by atoms with Crippen LogP contribution in [0.5, 0.6) is 5.75 Å². The van der Waals surface area contributed by atoms with Crippen LogP contribution in [0.4, 0.5) is 0 Å². The number of Topliss-reactive ketones (excluding diaryl/α,β-unsaturated/α-hetero) is 1. The van der Waals surface area contributed by atoms with Gasteiger partial charge in [0.2, 0.25) is 0 Å². The molecular formula is C12H15ClO2. The lowest BCUT2D eigenvalue weighted by Crippen LogP contribution is -2.04. The van der Waals surface area contributed by atoms with Gasteiger partial charge in [-0.15, -0.1) is 11.6 Å². The number of hydrogen-bond acceptors (Lipinski definition) is 2. The van der Waals surface area contributed by atoms with E-state index in [0.29, 0.717) is 17.2 Å². The first kappa shape index (κ1) is 12.1. The SMILES string of the molecule is COc1ccc(C(C)C)cc1C(=O)CCl. The first-order valence-corrected chi connectivity index (χ1v) is 5.40. The van der Waals surface area contributed by atoms with E-state index in [1.807, 2.05) is 18.2 Å². The highest BCUT2D eigenvalue weighted by Crippen LogP contribution is 2.24. The number of carbonyl (C=O) groups excluding carboxylic acids is 1. The molecule has 0 aliphatic rings. The van der Waals surface area contributed by atoms with Gasteiger partial charge >= 0.3 is 0 Å². The van der Waals surface area contributed by atoms with Gasteiger partial charge in [-0.1, -0.05) is 19.9 Å². The zero-order valence-electron chi connectivity index (χ0n) is 9.21. The lowest BCUT2D eigenvalue weighted by Gasteiger charge is -2.11. The summed E-state index contributed by atoms with van der Waals surface area (Å²) in [5.74, 6) is 0.858. The Balaban J connectivity index is 3.19. The molecule has 1 aromatic carbocycles. The Labute approximate surface area is 95.2 Å². The van der Waals surface area contributed by atoms with Gasteiger partial charge in [-0.25, -0.2) is 0 Å². The highest BCUT2D eigenvalue weighted by Gasteiger charge is 2.12. The van der Waals surface area contributed by atoms with Gasteiger partial charge in [-0.3, -0.25) is 4.79 Å². The monoisotopic (exact) mass is 226 g/mol. The van der Waals surface area contributed by atoms with E-state index in [1.54, 1.807) is 7.11 Å². The molecule has 0 aromatic heterocycles. The van der Waals surface area contributed by atoms with E-state index in [0.717, 1.165) is 5.56 Å². The van der Waals surface area contributed by atoms with Crippen molar-refractivity contribution in [2.45, 2.75) is 19.8 Å². The minimum Gasteiger partial charge on any atom is -0.496 e. The molecule has 0 saturated carbocycles. The van der Waals surface area contributed by atoms with Crippen LogP contribution in [0.15, 0.2) is 18.2 Å². The van der Waals surface area contributed by atoms with Crippen LogP contribution in [-0.2, 0) is 0 Å². The van der Waals surface area contributed by atoms with E-state index in [-0.39, 0.29) is 11.7 Å². The van der Waals surface area contributed by atoms with Gasteiger partial charge in [0.25, 0.3) is 0 Å². The van der Waals surface area contributed by atoms with Gasteiger partial charge in [0.05, 0.1) is 18.6 Å². The van der Waals surface area contributed by atoms with Crippen LogP contribution in [0.3, 0.4) is 0 Å². The second-order valence-corrected chi connectivity index (χ2v) is 3.94. The lowest BCUT2D eigenvalue weighted by molar-refractivity contribution is 0.101. The van der Waals surface area contributed by atoms with Gasteiger partial charge in [0.15, 0.2) is 5.78 Å². The largest absolute Gasteiger partial charge is 0.496 e. The Morgan fingerprint density at radius 2 is 2.13 bits per heavy atom. The fourth-order valence-corrected chi connectivity index (χ4v) is 1.52. The van der Waals surface area contributed by atoms with Gasteiger partial charge in [-0.2, -0.15) is 0 Å². The lowest BCUT2D eigenvalue weighted by atomic mass is 9.99. The Bertz CT molecular complexity index is 359. The molecule has 1 aromatic rings. The van der Waals surface area contributed by atoms with Crippen molar-refractivity contribution in [2.75, 3.05) is 13.0 Å². The molecule has 0 saturated heterocycles. The summed E-state index contributed by atoms with van der Waals surface area (Å²) in [4.78, 5) is 11.6. The predicted molar refractivity (Wildman–Crippen MR) is 62.1 cm³/mol. The van der Waals surface area contributed by atoms with E-state index in [4.69, 9.17) is 16.3 Å². The summed E-state index contributed by atoms with van der Waals surface area (Å²) in [6.07, 6.45) is 0. The summed E-state index contributed by atoms with van der Waals surface area (Å²) in [6.45, 7) is 4.16. The molecule has 15 heavy (non-hydrogen) atoms. The molecule has 82 valence electrons. The van der Waals surface area contributed by atoms with Gasteiger partial charge in [0.1, 0.15) is 5.75 Å². The number of rotatable bonds is 4. The topological polar surface area (TPSA) is 26.3 Å². The number of hydrogen-bond donors (Lipinski definition) is 0. The fraction of sp³-hybridized carbons (Fsp3) is 0.417. The second kappa shape index (κ2) is 5.17. The molecule has 3 heteroatoms. The van der Waals surface area contributed by atoms with Crippen molar-refractivity contribution >= 4 is 17.4 Å². The van der Waals surface area contributed by atoms with Crippen LogP contribution < -0.4 is 4.74 Å². The van der Waals surface area contributed by atoms with Crippen molar-refractivity contribution in [2.24, 2.45) is 0 Å². The minimum absolute atomic E-state index is 0.0160. The maximum Gasteiger partial charge on any atom is 0.181 e. The van der Waals surface area contributed by atoms with E-state index in [2.05, 4.69) is 13.8 Å². The van der Waals surface area contributed by atoms with Gasteiger partial charge in [0, 0.05) is 0 Å². The van der Waals surface area contributed by atoms with Crippen molar-refractivity contribution in [3.05, 3.63) is 29.3 Å². The molecule has 0 aliphatic heterocycles. The minimum atomic E-state index is -0.101. The van der Waals surface area contributed by atoms with Gasteiger partial charge < -0.3 is 4.74 Å². The van der Waals surface area contributed by atoms with Crippen LogP contribution in [0.1, 0.15) is 35.7 Å². The third-order valence-electron chi connectivity index (χ3n) is 2.31. The van der Waals surface area contributed by atoms with Crippen molar-refractivity contribution < 1.29 is 9.53 Å². The number of methoxy groups -OCH3 is 1. The van der Waals surface area contributed by atoms with Crippen LogP contribution >= 0.6 is 11.6 Å². The Hall–Kier alpha value is -1.02. The van der Waals surface area contributed by atoms with Gasteiger partial charge in [-0.05, 0) is 23.6 Å². The summed E-state index contributed by atoms with van der Waals surface area (Å²) in [7, 11) is 1.55. The number of halogens is 1. The Morgan fingerprint density at radius 3 is 2.60 bits per heavy atom. The van der Waals surface area contributed by atoms with Crippen LogP contribution in [-0.4, -0.2) is 18.8 Å². The quantitative estimate of drug-likeness (QED) is 0.582. The molecule has 0 radical (unpaired) electrons. The normalized spacial score (nSPS) is 10.5. The number of carbonyl (C=O) groups is 1. The van der Waals surface area contributed by atoms with Crippen molar-refractivity contribution in [3.63, 3.8) is 0 Å². The molecule has 0 atom stereocenters. The molecule has 0 bridgehead atoms. The molecule has 0 aliphatic carbocycles. The van der Waals surface area contributed by atoms with Crippen LogP contribution in [0.2, 0.25) is 0 Å². The number of alkyl halides is 1. The molecule has 1 rings (SSSR count). The molecule has 0 spiro atoms. The van der Waals surface area contributed by atoms with Crippen LogP contribution in [0, 0.1) is 0 Å². The number of ketones is 1. The maximum absolute atomic E-state index is 11.6. The summed E-state index contributed by atoms with van der Waals surface area (Å²) in [5, 5.41) is 0. The highest BCUT2D eigenvalue weighted by molar-refractivity contribution is 6.30. The number of benzene rings is 1. The van der Waals surface area contributed by atoms with Crippen molar-refractivity contribution in [3.8, 4) is 5.75 Å². The van der Waals surface area contributed by atoms with Crippen molar-refractivity contribution in [1.29, 1.82) is 0 Å². The summed E-state index contributed by atoms with van der Waals surface area (Å²) in [6, 6.07) is 5.64. The Kier molecular flexibility index (Phi) is 4.15. The van der Waals surface area contributed by atoms with E-state index in [9.17, 15) is 4.79 Å². The molecule has 0 unspecified atom stereocenters.